The third-order valence-electron chi connectivity index (χ3n) is 3.80. The Bertz CT molecular complexity index is 631. The van der Waals surface area contributed by atoms with Crippen LogP contribution in [0, 0.1) is 13.8 Å². The maximum absolute atomic E-state index is 12.2. The van der Waals surface area contributed by atoms with E-state index in [0.29, 0.717) is 6.42 Å². The second-order valence-corrected chi connectivity index (χ2v) is 7.25. The van der Waals surface area contributed by atoms with Gasteiger partial charge in [-0.15, -0.1) is 11.3 Å². The smallest absolute Gasteiger partial charge is 0.225 e. The van der Waals surface area contributed by atoms with Crippen LogP contribution in [0.4, 0.5) is 0 Å². The Morgan fingerprint density at radius 2 is 1.87 bits per heavy atom. The summed E-state index contributed by atoms with van der Waals surface area (Å²) in [6, 6.07) is 8.33. The van der Waals surface area contributed by atoms with Gasteiger partial charge in [0.15, 0.2) is 0 Å². The quantitative estimate of drug-likeness (QED) is 0.715. The number of aromatic nitrogens is 1. The Hall–Kier alpha value is -1.68. The maximum atomic E-state index is 12.2. The lowest BCUT2D eigenvalue weighted by Crippen LogP contribution is -2.25. The van der Waals surface area contributed by atoms with Crippen LogP contribution in [-0.4, -0.2) is 17.4 Å². The molecule has 1 heterocycles. The summed E-state index contributed by atoms with van der Waals surface area (Å²) in [6.45, 7) is 7.03. The Morgan fingerprint density at radius 1 is 1.13 bits per heavy atom. The van der Waals surface area contributed by atoms with E-state index < -0.39 is 0 Å². The molecule has 3 nitrogen and oxygen atoms in total. The summed E-state index contributed by atoms with van der Waals surface area (Å²) >= 11 is 1.62. The first-order chi connectivity index (χ1) is 11.1. The van der Waals surface area contributed by atoms with Crippen molar-refractivity contribution in [3.8, 4) is 11.3 Å². The minimum atomic E-state index is 0.0958. The number of aryl methyl sites for hydroxylation is 2. The Morgan fingerprint density at radius 3 is 2.57 bits per heavy atom. The van der Waals surface area contributed by atoms with Crippen LogP contribution in [0.25, 0.3) is 11.3 Å². The first-order valence-corrected chi connectivity index (χ1v) is 9.22. The molecule has 2 aromatic rings. The fourth-order valence-corrected chi connectivity index (χ4v) is 3.47. The zero-order chi connectivity index (χ0) is 16.7. The van der Waals surface area contributed by atoms with Crippen molar-refractivity contribution in [3.63, 3.8) is 0 Å². The van der Waals surface area contributed by atoms with Gasteiger partial charge >= 0.3 is 0 Å². The highest BCUT2D eigenvalue weighted by Crippen LogP contribution is 2.28. The summed E-state index contributed by atoms with van der Waals surface area (Å²) in [6.07, 6.45) is 5.12. The average Bonchev–Trinajstić information content (AvgIpc) is 2.88. The van der Waals surface area contributed by atoms with Gasteiger partial charge in [0.2, 0.25) is 5.91 Å². The minimum absolute atomic E-state index is 0.0958. The summed E-state index contributed by atoms with van der Waals surface area (Å²) in [7, 11) is 0. The van der Waals surface area contributed by atoms with Gasteiger partial charge in [0.1, 0.15) is 0 Å². The lowest BCUT2D eigenvalue weighted by atomic mass is 10.1. The van der Waals surface area contributed by atoms with Crippen molar-refractivity contribution in [1.82, 2.24) is 10.3 Å². The number of carbonyl (C=O) groups is 1. The molecule has 1 aromatic heterocycles. The van der Waals surface area contributed by atoms with Gasteiger partial charge in [0.05, 0.1) is 17.1 Å². The number of nitrogens with zero attached hydrogens (tertiary/aromatic N) is 1. The molecule has 0 saturated carbocycles. The van der Waals surface area contributed by atoms with E-state index >= 15 is 0 Å². The molecule has 0 aliphatic carbocycles. The number of rotatable bonds is 8. The number of benzene rings is 1. The highest BCUT2D eigenvalue weighted by atomic mass is 32.1. The molecule has 0 atom stereocenters. The van der Waals surface area contributed by atoms with Crippen LogP contribution >= 0.6 is 11.3 Å². The predicted molar refractivity (Wildman–Crippen MR) is 97.9 cm³/mol. The zero-order valence-corrected chi connectivity index (χ0v) is 15.1. The predicted octanol–water partition coefficient (Wildman–Crippen LogP) is 4.67. The monoisotopic (exact) mass is 330 g/mol. The van der Waals surface area contributed by atoms with Gasteiger partial charge in [-0.1, -0.05) is 56.0 Å². The summed E-state index contributed by atoms with van der Waals surface area (Å²) in [5.74, 6) is 0.0958. The highest BCUT2D eigenvalue weighted by molar-refractivity contribution is 7.12. The van der Waals surface area contributed by atoms with Crippen molar-refractivity contribution in [3.05, 3.63) is 39.7 Å². The minimum Gasteiger partial charge on any atom is -0.356 e. The molecule has 2 rings (SSSR count). The lowest BCUT2D eigenvalue weighted by molar-refractivity contribution is -0.120. The van der Waals surface area contributed by atoms with Crippen LogP contribution in [0.3, 0.4) is 0 Å². The van der Waals surface area contributed by atoms with Crippen LogP contribution < -0.4 is 5.32 Å². The molecular weight excluding hydrogens is 304 g/mol. The lowest BCUT2D eigenvalue weighted by Gasteiger charge is -2.06. The fraction of sp³-hybridized carbons (Fsp3) is 0.474. The van der Waals surface area contributed by atoms with Crippen molar-refractivity contribution in [1.29, 1.82) is 0 Å². The second-order valence-electron chi connectivity index (χ2n) is 5.96. The molecule has 1 N–H and O–H groups in total. The van der Waals surface area contributed by atoms with Gasteiger partial charge in [0, 0.05) is 17.0 Å². The van der Waals surface area contributed by atoms with Crippen LogP contribution in [-0.2, 0) is 11.2 Å². The van der Waals surface area contributed by atoms with Crippen molar-refractivity contribution >= 4 is 17.2 Å². The number of hydrogen-bond donors (Lipinski definition) is 1. The van der Waals surface area contributed by atoms with E-state index in [2.05, 4.69) is 48.4 Å². The van der Waals surface area contributed by atoms with Crippen LogP contribution in [0.2, 0.25) is 0 Å². The number of carbonyl (C=O) groups excluding carboxylic acids is 1. The van der Waals surface area contributed by atoms with E-state index in [1.807, 2.05) is 6.92 Å². The standard InChI is InChI=1S/C19H26N2OS/c1-4-5-6-7-12-20-18(22)13-17-19(21-15(3)23-17)16-10-8-14(2)9-11-16/h8-11H,4-7,12-13H2,1-3H3,(H,20,22). The maximum Gasteiger partial charge on any atom is 0.225 e. The summed E-state index contributed by atoms with van der Waals surface area (Å²) in [4.78, 5) is 17.8. The molecule has 23 heavy (non-hydrogen) atoms. The normalized spacial score (nSPS) is 10.7. The van der Waals surface area contributed by atoms with Crippen LogP contribution in [0.5, 0.6) is 0 Å². The molecule has 0 unspecified atom stereocenters. The molecule has 4 heteroatoms. The first-order valence-electron chi connectivity index (χ1n) is 8.40. The number of amides is 1. The van der Waals surface area contributed by atoms with Gasteiger partial charge in [-0.05, 0) is 20.3 Å². The fourth-order valence-electron chi connectivity index (χ4n) is 2.51. The van der Waals surface area contributed by atoms with E-state index in [1.165, 1.54) is 24.8 Å². The van der Waals surface area contributed by atoms with Gasteiger partial charge < -0.3 is 5.32 Å². The van der Waals surface area contributed by atoms with Crippen molar-refractivity contribution in [2.75, 3.05) is 6.54 Å². The number of hydrogen-bond acceptors (Lipinski definition) is 3. The molecule has 124 valence electrons. The summed E-state index contributed by atoms with van der Waals surface area (Å²) in [5.41, 5.74) is 3.27. The third-order valence-corrected chi connectivity index (χ3v) is 4.77. The molecule has 1 amide bonds. The molecule has 1 aromatic carbocycles. The Balaban J connectivity index is 1.97. The molecule has 0 aliphatic heterocycles. The topological polar surface area (TPSA) is 42.0 Å². The Labute approximate surface area is 143 Å². The third kappa shape index (κ3) is 5.47. The van der Waals surface area contributed by atoms with Gasteiger partial charge in [-0.2, -0.15) is 0 Å². The number of nitrogens with one attached hydrogen (secondary N) is 1. The second kappa shape index (κ2) is 8.82. The molecule has 0 bridgehead atoms. The number of unbranched alkanes of at least 4 members (excludes halogenated alkanes) is 3. The molecule has 0 spiro atoms. The van der Waals surface area contributed by atoms with E-state index in [4.69, 9.17) is 0 Å². The van der Waals surface area contributed by atoms with E-state index in [9.17, 15) is 4.79 Å². The molecule has 0 radical (unpaired) electrons. The molecule has 0 saturated heterocycles. The van der Waals surface area contributed by atoms with Gasteiger partial charge in [-0.3, -0.25) is 4.79 Å². The molecular formula is C19H26N2OS. The van der Waals surface area contributed by atoms with Crippen LogP contribution in [0.1, 0.15) is 48.1 Å². The van der Waals surface area contributed by atoms with E-state index in [1.54, 1.807) is 11.3 Å². The van der Waals surface area contributed by atoms with Crippen molar-refractivity contribution in [2.24, 2.45) is 0 Å². The highest BCUT2D eigenvalue weighted by Gasteiger charge is 2.14. The Kier molecular flexibility index (Phi) is 6.78. The van der Waals surface area contributed by atoms with Gasteiger partial charge in [0.25, 0.3) is 0 Å². The summed E-state index contributed by atoms with van der Waals surface area (Å²) < 4.78 is 0. The van der Waals surface area contributed by atoms with Crippen molar-refractivity contribution < 1.29 is 4.79 Å². The average molecular weight is 330 g/mol. The largest absolute Gasteiger partial charge is 0.356 e. The first kappa shape index (κ1) is 17.7. The van der Waals surface area contributed by atoms with Crippen molar-refractivity contribution in [2.45, 2.75) is 52.9 Å². The molecule has 0 aliphatic rings. The zero-order valence-electron chi connectivity index (χ0n) is 14.3. The summed E-state index contributed by atoms with van der Waals surface area (Å²) in [5, 5.41) is 4.03. The number of thiazole rings is 1. The SMILES string of the molecule is CCCCCCNC(=O)Cc1sc(C)nc1-c1ccc(C)cc1. The van der Waals surface area contributed by atoms with E-state index in [-0.39, 0.29) is 5.91 Å². The van der Waals surface area contributed by atoms with Crippen LogP contribution in [0.15, 0.2) is 24.3 Å². The van der Waals surface area contributed by atoms with E-state index in [0.717, 1.165) is 34.1 Å². The van der Waals surface area contributed by atoms with Gasteiger partial charge in [-0.25, -0.2) is 4.98 Å². The molecule has 0 fully saturated rings.